The fraction of sp³-hybridized carbons (Fsp3) is 0.450. The highest BCUT2D eigenvalue weighted by Crippen LogP contribution is 2.23. The van der Waals surface area contributed by atoms with Gasteiger partial charge in [0.25, 0.3) is 0 Å². The molecule has 1 fully saturated rings. The summed E-state index contributed by atoms with van der Waals surface area (Å²) < 4.78 is 19.1. The fourth-order valence-corrected chi connectivity index (χ4v) is 3.45. The van der Waals surface area contributed by atoms with Crippen molar-refractivity contribution in [1.82, 2.24) is 4.90 Å². The fourth-order valence-electron chi connectivity index (χ4n) is 3.45. The molecule has 1 aromatic heterocycles. The molecule has 3 rings (SSSR count). The second kappa shape index (κ2) is 8.96. The van der Waals surface area contributed by atoms with Gasteiger partial charge in [0.05, 0.1) is 12.2 Å². The Morgan fingerprint density at radius 3 is 2.85 bits per heavy atom. The molecule has 1 aliphatic heterocycles. The van der Waals surface area contributed by atoms with Crippen molar-refractivity contribution in [3.8, 4) is 0 Å². The molecule has 1 aliphatic rings. The number of para-hydroxylation sites is 1. The van der Waals surface area contributed by atoms with E-state index in [0.29, 0.717) is 18.1 Å². The van der Waals surface area contributed by atoms with Gasteiger partial charge in [-0.05, 0) is 56.0 Å². The Morgan fingerprint density at radius 2 is 2.08 bits per heavy atom. The lowest BCUT2D eigenvalue weighted by molar-refractivity contribution is -0.116. The van der Waals surface area contributed by atoms with Crippen LogP contribution < -0.4 is 5.32 Å². The van der Waals surface area contributed by atoms with Gasteiger partial charge in [-0.15, -0.1) is 0 Å². The number of rotatable bonds is 7. The van der Waals surface area contributed by atoms with Gasteiger partial charge in [0.1, 0.15) is 23.9 Å². The quantitative estimate of drug-likeness (QED) is 0.793. The summed E-state index contributed by atoms with van der Waals surface area (Å²) >= 11 is 0. The molecule has 1 saturated heterocycles. The van der Waals surface area contributed by atoms with Crippen LogP contribution in [0.25, 0.3) is 0 Å². The first-order valence-electron chi connectivity index (χ1n) is 9.09. The Kier molecular flexibility index (Phi) is 6.41. The van der Waals surface area contributed by atoms with Crippen molar-refractivity contribution in [2.24, 2.45) is 5.92 Å². The summed E-state index contributed by atoms with van der Waals surface area (Å²) in [6.07, 6.45) is 3.37. The number of furan rings is 1. The number of carbonyl (C=O) groups excluding carboxylic acids is 1. The molecule has 0 saturated carbocycles. The number of aliphatic hydroxyl groups excluding tert-OH is 1. The van der Waals surface area contributed by atoms with E-state index in [4.69, 9.17) is 9.52 Å². The molecule has 26 heavy (non-hydrogen) atoms. The molecule has 0 radical (unpaired) electrons. The molecule has 140 valence electrons. The van der Waals surface area contributed by atoms with Gasteiger partial charge in [-0.25, -0.2) is 4.39 Å². The van der Waals surface area contributed by atoms with Gasteiger partial charge >= 0.3 is 0 Å². The topological polar surface area (TPSA) is 65.7 Å². The van der Waals surface area contributed by atoms with E-state index in [0.717, 1.165) is 44.7 Å². The van der Waals surface area contributed by atoms with E-state index in [1.54, 1.807) is 24.3 Å². The number of nitrogens with one attached hydrogen (secondary N) is 1. The van der Waals surface area contributed by atoms with Crippen molar-refractivity contribution < 1.29 is 18.7 Å². The van der Waals surface area contributed by atoms with Crippen LogP contribution in [-0.2, 0) is 17.9 Å². The monoisotopic (exact) mass is 360 g/mol. The summed E-state index contributed by atoms with van der Waals surface area (Å²) in [5, 5.41) is 11.7. The summed E-state index contributed by atoms with van der Waals surface area (Å²) in [7, 11) is 0. The number of amides is 1. The first-order valence-corrected chi connectivity index (χ1v) is 9.09. The number of anilines is 1. The number of piperidine rings is 1. The van der Waals surface area contributed by atoms with Gasteiger partial charge in [0.2, 0.25) is 5.91 Å². The van der Waals surface area contributed by atoms with Gasteiger partial charge in [0.15, 0.2) is 0 Å². The summed E-state index contributed by atoms with van der Waals surface area (Å²) in [5.41, 5.74) is 0.236. The Balaban J connectivity index is 1.44. The smallest absolute Gasteiger partial charge is 0.224 e. The average molecular weight is 360 g/mol. The molecule has 2 heterocycles. The standard InChI is InChI=1S/C20H25FN2O3/c21-18-5-1-2-6-19(18)22-20(25)10-7-15-4-3-11-23(12-15)13-16-8-9-17(14-24)26-16/h1-2,5-6,8-9,15,24H,3-4,7,10-14H2,(H,22,25). The van der Waals surface area contributed by atoms with Crippen LogP contribution in [0.1, 0.15) is 37.2 Å². The Bertz CT molecular complexity index is 731. The van der Waals surface area contributed by atoms with E-state index in [9.17, 15) is 9.18 Å². The van der Waals surface area contributed by atoms with Crippen LogP contribution in [0.5, 0.6) is 0 Å². The van der Waals surface area contributed by atoms with Crippen LogP contribution in [0.3, 0.4) is 0 Å². The predicted octanol–water partition coefficient (Wildman–Crippen LogP) is 3.54. The Morgan fingerprint density at radius 1 is 1.27 bits per heavy atom. The number of likely N-dealkylation sites (tertiary alicyclic amines) is 1. The van der Waals surface area contributed by atoms with Gasteiger partial charge in [-0.3, -0.25) is 9.69 Å². The third-order valence-corrected chi connectivity index (χ3v) is 4.78. The van der Waals surface area contributed by atoms with Crippen molar-refractivity contribution in [1.29, 1.82) is 0 Å². The molecule has 6 heteroatoms. The molecule has 1 atom stereocenters. The van der Waals surface area contributed by atoms with Gasteiger partial charge in [0, 0.05) is 13.0 Å². The zero-order valence-corrected chi connectivity index (χ0v) is 14.8. The summed E-state index contributed by atoms with van der Waals surface area (Å²) in [6.45, 7) is 2.56. The molecule has 5 nitrogen and oxygen atoms in total. The first-order chi connectivity index (χ1) is 12.6. The van der Waals surface area contributed by atoms with Crippen LogP contribution in [0.4, 0.5) is 10.1 Å². The minimum Gasteiger partial charge on any atom is -0.462 e. The molecule has 2 N–H and O–H groups in total. The van der Waals surface area contributed by atoms with Crippen molar-refractivity contribution in [2.45, 2.75) is 38.8 Å². The van der Waals surface area contributed by atoms with E-state index in [1.807, 2.05) is 6.07 Å². The number of halogens is 1. The minimum atomic E-state index is -0.412. The van der Waals surface area contributed by atoms with Crippen molar-refractivity contribution >= 4 is 11.6 Å². The third kappa shape index (κ3) is 5.16. The minimum absolute atomic E-state index is 0.0836. The number of carbonyl (C=O) groups is 1. The zero-order valence-electron chi connectivity index (χ0n) is 14.8. The van der Waals surface area contributed by atoms with E-state index in [1.165, 1.54) is 6.07 Å². The summed E-state index contributed by atoms with van der Waals surface area (Å²) in [5.74, 6) is 1.32. The van der Waals surface area contributed by atoms with Gasteiger partial charge < -0.3 is 14.8 Å². The highest BCUT2D eigenvalue weighted by atomic mass is 19.1. The van der Waals surface area contributed by atoms with E-state index >= 15 is 0 Å². The highest BCUT2D eigenvalue weighted by Gasteiger charge is 2.21. The number of benzene rings is 1. The van der Waals surface area contributed by atoms with Crippen LogP contribution in [0.2, 0.25) is 0 Å². The molecule has 1 unspecified atom stereocenters. The zero-order chi connectivity index (χ0) is 18.4. The SMILES string of the molecule is O=C(CCC1CCCN(Cc2ccc(CO)o2)C1)Nc1ccccc1F. The molecule has 0 aliphatic carbocycles. The van der Waals surface area contributed by atoms with Crippen molar-refractivity contribution in [3.05, 3.63) is 53.7 Å². The second-order valence-corrected chi connectivity index (χ2v) is 6.84. The lowest BCUT2D eigenvalue weighted by Gasteiger charge is -2.32. The molecule has 1 amide bonds. The molecule has 0 bridgehead atoms. The number of nitrogens with zero attached hydrogens (tertiary/aromatic N) is 1. The maximum atomic E-state index is 13.6. The first kappa shape index (κ1) is 18.6. The van der Waals surface area contributed by atoms with Gasteiger partial charge in [-0.1, -0.05) is 12.1 Å². The van der Waals surface area contributed by atoms with Gasteiger partial charge in [-0.2, -0.15) is 0 Å². The van der Waals surface area contributed by atoms with Crippen LogP contribution in [0.15, 0.2) is 40.8 Å². The van der Waals surface area contributed by atoms with Crippen LogP contribution >= 0.6 is 0 Å². The van der Waals surface area contributed by atoms with E-state index in [-0.39, 0.29) is 18.2 Å². The second-order valence-electron chi connectivity index (χ2n) is 6.84. The normalized spacial score (nSPS) is 18.0. The molecule has 1 aromatic carbocycles. The lowest BCUT2D eigenvalue weighted by atomic mass is 9.93. The Hall–Kier alpha value is -2.18. The highest BCUT2D eigenvalue weighted by molar-refractivity contribution is 5.90. The van der Waals surface area contributed by atoms with Crippen molar-refractivity contribution in [2.75, 3.05) is 18.4 Å². The largest absolute Gasteiger partial charge is 0.462 e. The van der Waals surface area contributed by atoms with Crippen LogP contribution in [-0.4, -0.2) is 29.0 Å². The maximum absolute atomic E-state index is 13.6. The third-order valence-electron chi connectivity index (χ3n) is 4.78. The molecule has 0 spiro atoms. The lowest BCUT2D eigenvalue weighted by Crippen LogP contribution is -2.35. The molecular weight excluding hydrogens is 335 g/mol. The predicted molar refractivity (Wildman–Crippen MR) is 96.9 cm³/mol. The van der Waals surface area contributed by atoms with E-state index < -0.39 is 5.82 Å². The van der Waals surface area contributed by atoms with Crippen LogP contribution in [0, 0.1) is 11.7 Å². The summed E-state index contributed by atoms with van der Waals surface area (Å²) in [6, 6.07) is 9.91. The summed E-state index contributed by atoms with van der Waals surface area (Å²) in [4.78, 5) is 14.4. The molecule has 2 aromatic rings. The maximum Gasteiger partial charge on any atom is 0.224 e. The van der Waals surface area contributed by atoms with Crippen molar-refractivity contribution in [3.63, 3.8) is 0 Å². The Labute approximate surface area is 152 Å². The average Bonchev–Trinajstić information content (AvgIpc) is 3.10. The molecular formula is C20H25FN2O3. The van der Waals surface area contributed by atoms with E-state index in [2.05, 4.69) is 10.2 Å². The number of hydrogen-bond acceptors (Lipinski definition) is 4. The number of hydrogen-bond donors (Lipinski definition) is 2. The number of aliphatic hydroxyl groups is 1.